The van der Waals surface area contributed by atoms with Crippen molar-refractivity contribution >= 4 is 17.3 Å². The lowest BCUT2D eigenvalue weighted by Crippen LogP contribution is -2.19. The third-order valence-electron chi connectivity index (χ3n) is 2.19. The van der Waals surface area contributed by atoms with Gasteiger partial charge in [0.25, 0.3) is 0 Å². The van der Waals surface area contributed by atoms with E-state index in [0.717, 1.165) is 18.2 Å². The van der Waals surface area contributed by atoms with Crippen LogP contribution in [0.5, 0.6) is 0 Å². The van der Waals surface area contributed by atoms with Crippen LogP contribution in [0.4, 0.5) is 5.69 Å². The van der Waals surface area contributed by atoms with Crippen LogP contribution in [0.3, 0.4) is 0 Å². The van der Waals surface area contributed by atoms with Gasteiger partial charge in [-0.15, -0.1) is 0 Å². The zero-order valence-corrected chi connectivity index (χ0v) is 9.75. The summed E-state index contributed by atoms with van der Waals surface area (Å²) in [6, 6.07) is 3.87. The molecule has 1 aromatic rings. The smallest absolute Gasteiger partial charge is 0.131 e. The van der Waals surface area contributed by atoms with E-state index in [4.69, 9.17) is 11.6 Å². The zero-order chi connectivity index (χ0) is 10.6. The van der Waals surface area contributed by atoms with Crippen LogP contribution in [0.1, 0.15) is 20.3 Å². The Kier molecular flexibility index (Phi) is 4.21. The summed E-state index contributed by atoms with van der Waals surface area (Å²) in [5, 5.41) is 0.555. The van der Waals surface area contributed by atoms with Gasteiger partial charge in [-0.3, -0.25) is 0 Å². The van der Waals surface area contributed by atoms with Gasteiger partial charge < -0.3 is 4.90 Å². The second-order valence-electron chi connectivity index (χ2n) is 3.94. The Morgan fingerprint density at radius 3 is 2.79 bits per heavy atom. The highest BCUT2D eigenvalue weighted by molar-refractivity contribution is 6.29. The van der Waals surface area contributed by atoms with E-state index in [1.807, 2.05) is 12.1 Å². The van der Waals surface area contributed by atoms with Crippen molar-refractivity contribution < 1.29 is 0 Å². The predicted octanol–water partition coefficient (Wildman–Crippen LogP) is 3.22. The first-order chi connectivity index (χ1) is 6.59. The highest BCUT2D eigenvalue weighted by atomic mass is 35.5. The normalized spacial score (nSPS) is 10.6. The van der Waals surface area contributed by atoms with Crippen LogP contribution >= 0.6 is 11.6 Å². The van der Waals surface area contributed by atoms with Gasteiger partial charge in [0.1, 0.15) is 5.15 Å². The third-order valence-corrected chi connectivity index (χ3v) is 2.40. The van der Waals surface area contributed by atoms with Gasteiger partial charge in [0.15, 0.2) is 0 Å². The highest BCUT2D eigenvalue weighted by Crippen LogP contribution is 2.16. The summed E-state index contributed by atoms with van der Waals surface area (Å²) in [5.41, 5.74) is 1.13. The molecule has 1 rings (SSSR count). The molecule has 2 nitrogen and oxygen atoms in total. The van der Waals surface area contributed by atoms with Crippen LogP contribution in [0.2, 0.25) is 5.15 Å². The number of pyridine rings is 1. The van der Waals surface area contributed by atoms with Gasteiger partial charge in [0.05, 0.1) is 0 Å². The van der Waals surface area contributed by atoms with Crippen LogP contribution in [0.15, 0.2) is 18.3 Å². The monoisotopic (exact) mass is 212 g/mol. The van der Waals surface area contributed by atoms with Gasteiger partial charge in [-0.25, -0.2) is 4.98 Å². The summed E-state index contributed by atoms with van der Waals surface area (Å²) in [6.45, 7) is 5.51. The molecule has 0 spiro atoms. The predicted molar refractivity (Wildman–Crippen MR) is 62.0 cm³/mol. The fraction of sp³-hybridized carbons (Fsp3) is 0.545. The van der Waals surface area contributed by atoms with E-state index in [0.29, 0.717) is 5.15 Å². The van der Waals surface area contributed by atoms with Crippen LogP contribution < -0.4 is 4.90 Å². The molecule has 0 N–H and O–H groups in total. The molecule has 0 aromatic carbocycles. The molecule has 0 unspecified atom stereocenters. The van der Waals surface area contributed by atoms with Gasteiger partial charge in [0.2, 0.25) is 0 Å². The van der Waals surface area contributed by atoms with E-state index >= 15 is 0 Å². The third kappa shape index (κ3) is 3.54. The fourth-order valence-electron chi connectivity index (χ4n) is 1.21. The van der Waals surface area contributed by atoms with Crippen molar-refractivity contribution in [1.29, 1.82) is 0 Å². The topological polar surface area (TPSA) is 16.1 Å². The van der Waals surface area contributed by atoms with E-state index in [1.54, 1.807) is 6.20 Å². The molecule has 0 aliphatic carbocycles. The molecular weight excluding hydrogens is 196 g/mol. The van der Waals surface area contributed by atoms with E-state index in [-0.39, 0.29) is 0 Å². The maximum absolute atomic E-state index is 5.81. The van der Waals surface area contributed by atoms with Crippen LogP contribution in [-0.4, -0.2) is 18.6 Å². The van der Waals surface area contributed by atoms with Crippen LogP contribution in [-0.2, 0) is 0 Å². The first-order valence-electron chi connectivity index (χ1n) is 4.92. The van der Waals surface area contributed by atoms with Gasteiger partial charge in [-0.1, -0.05) is 25.4 Å². The Bertz CT molecular complexity index is 286. The lowest BCUT2D eigenvalue weighted by molar-refractivity contribution is 0.585. The molecule has 0 saturated heterocycles. The van der Waals surface area contributed by atoms with Crippen molar-refractivity contribution in [3.63, 3.8) is 0 Å². The van der Waals surface area contributed by atoms with E-state index < -0.39 is 0 Å². The Hall–Kier alpha value is -0.760. The molecule has 0 aliphatic heterocycles. The van der Waals surface area contributed by atoms with Gasteiger partial charge >= 0.3 is 0 Å². The molecule has 0 atom stereocenters. The minimum atomic E-state index is 0.555. The first kappa shape index (κ1) is 11.3. The number of hydrogen-bond donors (Lipinski definition) is 0. The Balaban J connectivity index is 2.56. The van der Waals surface area contributed by atoms with Crippen molar-refractivity contribution in [2.75, 3.05) is 18.5 Å². The molecule has 0 radical (unpaired) electrons. The number of nitrogens with zero attached hydrogens (tertiary/aromatic N) is 2. The second-order valence-corrected chi connectivity index (χ2v) is 4.33. The molecule has 0 bridgehead atoms. The van der Waals surface area contributed by atoms with Crippen molar-refractivity contribution in [2.45, 2.75) is 20.3 Å². The Labute approximate surface area is 90.9 Å². The van der Waals surface area contributed by atoms with Crippen LogP contribution in [0.25, 0.3) is 0 Å². The summed E-state index contributed by atoms with van der Waals surface area (Å²) in [6.07, 6.45) is 2.93. The molecule has 0 fully saturated rings. The Morgan fingerprint density at radius 2 is 2.21 bits per heavy atom. The Morgan fingerprint density at radius 1 is 1.50 bits per heavy atom. The SMILES string of the molecule is CC(C)CCN(C)c1ccnc(Cl)c1. The lowest BCUT2D eigenvalue weighted by Gasteiger charge is -2.20. The second kappa shape index (κ2) is 5.20. The number of anilines is 1. The molecule has 0 aliphatic rings. The summed E-state index contributed by atoms with van der Waals surface area (Å²) in [7, 11) is 2.08. The lowest BCUT2D eigenvalue weighted by atomic mass is 10.1. The molecule has 0 saturated carbocycles. The molecule has 1 heterocycles. The number of halogens is 1. The van der Waals surface area contributed by atoms with Gasteiger partial charge in [0, 0.05) is 25.5 Å². The quantitative estimate of drug-likeness (QED) is 0.713. The summed E-state index contributed by atoms with van der Waals surface area (Å²) < 4.78 is 0. The molecule has 3 heteroatoms. The number of hydrogen-bond acceptors (Lipinski definition) is 2. The average Bonchev–Trinajstić information content (AvgIpc) is 2.14. The van der Waals surface area contributed by atoms with E-state index in [1.165, 1.54) is 6.42 Å². The van der Waals surface area contributed by atoms with Gasteiger partial charge in [-0.05, 0) is 24.5 Å². The van der Waals surface area contributed by atoms with Crippen molar-refractivity contribution in [1.82, 2.24) is 4.98 Å². The fourth-order valence-corrected chi connectivity index (χ4v) is 1.38. The van der Waals surface area contributed by atoms with Crippen molar-refractivity contribution in [3.8, 4) is 0 Å². The molecular formula is C11H17ClN2. The van der Waals surface area contributed by atoms with E-state index in [2.05, 4.69) is 30.8 Å². The van der Waals surface area contributed by atoms with Gasteiger partial charge in [-0.2, -0.15) is 0 Å². The minimum Gasteiger partial charge on any atom is -0.374 e. The maximum Gasteiger partial charge on any atom is 0.131 e. The van der Waals surface area contributed by atoms with Crippen LogP contribution in [0, 0.1) is 5.92 Å². The summed E-state index contributed by atoms with van der Waals surface area (Å²) >= 11 is 5.81. The number of aromatic nitrogens is 1. The molecule has 78 valence electrons. The van der Waals surface area contributed by atoms with Crippen molar-refractivity contribution in [2.24, 2.45) is 5.92 Å². The largest absolute Gasteiger partial charge is 0.374 e. The number of rotatable bonds is 4. The maximum atomic E-state index is 5.81. The zero-order valence-electron chi connectivity index (χ0n) is 9.00. The standard InChI is InChI=1S/C11H17ClN2/c1-9(2)5-7-14(3)10-4-6-13-11(12)8-10/h4,6,8-9H,5,7H2,1-3H3. The van der Waals surface area contributed by atoms with E-state index in [9.17, 15) is 0 Å². The first-order valence-corrected chi connectivity index (χ1v) is 5.30. The highest BCUT2D eigenvalue weighted by Gasteiger charge is 2.02. The summed E-state index contributed by atoms with van der Waals surface area (Å²) in [5.74, 6) is 0.731. The molecule has 0 amide bonds. The summed E-state index contributed by atoms with van der Waals surface area (Å²) in [4.78, 5) is 6.16. The minimum absolute atomic E-state index is 0.555. The van der Waals surface area contributed by atoms with Crippen molar-refractivity contribution in [3.05, 3.63) is 23.5 Å². The molecule has 1 aromatic heterocycles. The molecule has 14 heavy (non-hydrogen) atoms. The average molecular weight is 213 g/mol.